The summed E-state index contributed by atoms with van der Waals surface area (Å²) in [7, 11) is 1.16. The SMILES string of the molecule is C=C(C(=O)OC)[C@@H]1CC[C@@]2(C)[C@H](OC(=O)[C@@H](Cc3ccc(O)cc3)OC(=O)[C@@H](O)C(C)C)CC[C@@](O)(CO[C@@H]3O[C@H](CO)[C@@H](O)[C@H](O)[C@H]3O)[C@@H]2[C@H]1O. The summed E-state index contributed by atoms with van der Waals surface area (Å²) in [6, 6.07) is 5.85. The van der Waals surface area contributed by atoms with Gasteiger partial charge in [-0.2, -0.15) is 0 Å². The highest BCUT2D eigenvalue weighted by atomic mass is 16.7. The molecular weight excluding hydrogens is 688 g/mol. The van der Waals surface area contributed by atoms with E-state index in [1.165, 1.54) is 24.3 Å². The normalized spacial score (nSPS) is 35.9. The Bertz CT molecular complexity index is 1420. The van der Waals surface area contributed by atoms with E-state index in [2.05, 4.69) is 6.58 Å². The number of carbonyl (C=O) groups excluding carboxylic acids is 3. The standard InChI is InChI=1S/C36H52O16/c1-17(2)25(39)33(46)50-22(14-19-6-8-20(38)9-7-19)32(45)52-24-11-13-36(47,16-49-34-29(43)28(42)27(41)23(15-37)51-34)30-26(40)21(10-12-35(24,30)4)18(3)31(44)48-5/h6-9,17,21-30,34,37-43,47H,3,10-16H2,1-2,4-5H3/t21-,22+,23+,24+,25-,26-,27+,28-,29+,30+,34+,35-,36+/m0/s1. The van der Waals surface area contributed by atoms with Crippen molar-refractivity contribution in [1.82, 2.24) is 0 Å². The molecule has 0 amide bonds. The Balaban J connectivity index is 1.64. The van der Waals surface area contributed by atoms with Gasteiger partial charge in [-0.1, -0.05) is 39.5 Å². The lowest BCUT2D eigenvalue weighted by Crippen LogP contribution is -2.67. The van der Waals surface area contributed by atoms with Crippen molar-refractivity contribution < 1.29 is 78.9 Å². The van der Waals surface area contributed by atoms with E-state index in [0.717, 1.165) is 7.11 Å². The molecule has 2 aliphatic carbocycles. The molecular formula is C36H52O16. The van der Waals surface area contributed by atoms with Crippen LogP contribution in [0.5, 0.6) is 5.75 Å². The van der Waals surface area contributed by atoms with E-state index in [1.54, 1.807) is 20.8 Å². The van der Waals surface area contributed by atoms with Crippen LogP contribution in [0.4, 0.5) is 0 Å². The number of aliphatic hydroxyl groups excluding tert-OH is 6. The van der Waals surface area contributed by atoms with E-state index in [9.17, 15) is 55.2 Å². The fraction of sp³-hybridized carbons (Fsp3) is 0.694. The van der Waals surface area contributed by atoms with Crippen LogP contribution in [0, 0.1) is 23.2 Å². The third-order valence-electron chi connectivity index (χ3n) is 10.9. The van der Waals surface area contributed by atoms with Crippen molar-refractivity contribution in [2.75, 3.05) is 20.3 Å². The Hall–Kier alpha value is -3.19. The number of ether oxygens (including phenoxy) is 5. The molecule has 3 fully saturated rings. The van der Waals surface area contributed by atoms with Crippen molar-refractivity contribution in [2.45, 2.75) is 114 Å². The van der Waals surface area contributed by atoms with Crippen LogP contribution in [0.25, 0.3) is 0 Å². The van der Waals surface area contributed by atoms with E-state index in [-0.39, 0.29) is 43.4 Å². The summed E-state index contributed by atoms with van der Waals surface area (Å²) >= 11 is 0. The number of esters is 3. The van der Waals surface area contributed by atoms with Crippen LogP contribution in [0.15, 0.2) is 36.4 Å². The van der Waals surface area contributed by atoms with E-state index in [1.807, 2.05) is 0 Å². The topological polar surface area (TPSA) is 259 Å². The van der Waals surface area contributed by atoms with Crippen molar-refractivity contribution >= 4 is 17.9 Å². The number of hydrogen-bond donors (Lipinski definition) is 8. The molecule has 52 heavy (non-hydrogen) atoms. The highest BCUT2D eigenvalue weighted by Gasteiger charge is 2.63. The predicted molar refractivity (Wildman–Crippen MR) is 178 cm³/mol. The van der Waals surface area contributed by atoms with Crippen molar-refractivity contribution in [2.24, 2.45) is 23.2 Å². The first-order valence-electron chi connectivity index (χ1n) is 17.3. The summed E-state index contributed by atoms with van der Waals surface area (Å²) in [5.74, 6) is -5.38. The zero-order chi connectivity index (χ0) is 38.7. The van der Waals surface area contributed by atoms with Crippen molar-refractivity contribution in [3.63, 3.8) is 0 Å². The van der Waals surface area contributed by atoms with Crippen LogP contribution in [-0.4, -0.2) is 140 Å². The highest BCUT2D eigenvalue weighted by molar-refractivity contribution is 5.88. The van der Waals surface area contributed by atoms with Gasteiger partial charge < -0.3 is 64.5 Å². The molecule has 16 nitrogen and oxygen atoms in total. The monoisotopic (exact) mass is 740 g/mol. The second-order valence-electron chi connectivity index (χ2n) is 14.7. The maximum atomic E-state index is 13.9. The number of rotatable bonds is 13. The molecule has 0 unspecified atom stereocenters. The van der Waals surface area contributed by atoms with Gasteiger partial charge in [-0.25, -0.2) is 14.4 Å². The minimum Gasteiger partial charge on any atom is -0.508 e. The zero-order valence-electron chi connectivity index (χ0n) is 29.7. The molecule has 16 heteroatoms. The van der Waals surface area contributed by atoms with Gasteiger partial charge in [-0.15, -0.1) is 0 Å². The van der Waals surface area contributed by atoms with Crippen molar-refractivity contribution in [1.29, 1.82) is 0 Å². The third kappa shape index (κ3) is 8.61. The average Bonchev–Trinajstić information content (AvgIpc) is 3.11. The molecule has 0 spiro atoms. The molecule has 3 aliphatic rings. The lowest BCUT2D eigenvalue weighted by molar-refractivity contribution is -0.319. The van der Waals surface area contributed by atoms with E-state index >= 15 is 0 Å². The number of phenolic OH excluding ortho intramolecular Hbond substituents is 1. The lowest BCUT2D eigenvalue weighted by atomic mass is 9.50. The van der Waals surface area contributed by atoms with Gasteiger partial charge in [0.2, 0.25) is 6.10 Å². The average molecular weight is 741 g/mol. The summed E-state index contributed by atoms with van der Waals surface area (Å²) in [6.45, 7) is 7.40. The molecule has 4 rings (SSSR count). The summed E-state index contributed by atoms with van der Waals surface area (Å²) < 4.78 is 27.6. The first-order valence-corrected chi connectivity index (χ1v) is 17.3. The zero-order valence-corrected chi connectivity index (χ0v) is 29.7. The Labute approximate surface area is 301 Å². The lowest BCUT2D eigenvalue weighted by Gasteiger charge is -2.59. The minimum atomic E-state index is -1.93. The Morgan fingerprint density at radius 3 is 2.23 bits per heavy atom. The quantitative estimate of drug-likeness (QED) is 0.0702. The van der Waals surface area contributed by atoms with Crippen LogP contribution in [0.3, 0.4) is 0 Å². The molecule has 0 aromatic heterocycles. The van der Waals surface area contributed by atoms with Crippen LogP contribution in [0.2, 0.25) is 0 Å². The fourth-order valence-electron chi connectivity index (χ4n) is 7.74. The largest absolute Gasteiger partial charge is 0.508 e. The molecule has 1 aromatic carbocycles. The fourth-order valence-corrected chi connectivity index (χ4v) is 7.74. The number of hydrogen-bond acceptors (Lipinski definition) is 16. The summed E-state index contributed by atoms with van der Waals surface area (Å²) in [5, 5.41) is 84.8. The Morgan fingerprint density at radius 2 is 1.63 bits per heavy atom. The van der Waals surface area contributed by atoms with Crippen LogP contribution < -0.4 is 0 Å². The van der Waals surface area contributed by atoms with Crippen LogP contribution in [0.1, 0.15) is 52.0 Å². The first kappa shape index (κ1) is 41.6. The number of fused-ring (bicyclic) bond motifs is 1. The molecule has 0 radical (unpaired) electrons. The van der Waals surface area contributed by atoms with Gasteiger partial charge in [0, 0.05) is 29.2 Å². The number of phenols is 1. The van der Waals surface area contributed by atoms with Gasteiger partial charge in [-0.05, 0) is 49.3 Å². The molecule has 1 aromatic rings. The number of methoxy groups -OCH3 is 1. The van der Waals surface area contributed by atoms with Gasteiger partial charge in [0.25, 0.3) is 0 Å². The highest BCUT2D eigenvalue weighted by Crippen LogP contribution is 2.57. The predicted octanol–water partition coefficient (Wildman–Crippen LogP) is -0.761. The second kappa shape index (κ2) is 16.9. The van der Waals surface area contributed by atoms with Gasteiger partial charge in [-0.3, -0.25) is 0 Å². The second-order valence-corrected chi connectivity index (χ2v) is 14.7. The molecule has 8 N–H and O–H groups in total. The molecule has 0 bridgehead atoms. The van der Waals surface area contributed by atoms with Crippen molar-refractivity contribution in [3.8, 4) is 5.75 Å². The van der Waals surface area contributed by atoms with E-state index in [0.29, 0.717) is 5.56 Å². The summed E-state index contributed by atoms with van der Waals surface area (Å²) in [5.41, 5.74) is -2.67. The Kier molecular flexibility index (Phi) is 13.5. The molecule has 1 heterocycles. The van der Waals surface area contributed by atoms with Crippen LogP contribution in [-0.2, 0) is 44.5 Å². The maximum Gasteiger partial charge on any atom is 0.348 e. The number of benzene rings is 1. The molecule has 2 saturated carbocycles. The van der Waals surface area contributed by atoms with Gasteiger partial charge in [0.15, 0.2) is 12.4 Å². The molecule has 1 aliphatic heterocycles. The molecule has 13 atom stereocenters. The summed E-state index contributed by atoms with van der Waals surface area (Å²) in [4.78, 5) is 39.2. The molecule has 1 saturated heterocycles. The maximum absolute atomic E-state index is 13.9. The smallest absolute Gasteiger partial charge is 0.348 e. The Morgan fingerprint density at radius 1 is 0.981 bits per heavy atom. The van der Waals surface area contributed by atoms with E-state index < -0.39 is 115 Å². The number of aromatic hydroxyl groups is 1. The van der Waals surface area contributed by atoms with Crippen LogP contribution >= 0.6 is 0 Å². The van der Waals surface area contributed by atoms with Crippen molar-refractivity contribution in [3.05, 3.63) is 42.0 Å². The van der Waals surface area contributed by atoms with Gasteiger partial charge in [0.1, 0.15) is 36.3 Å². The number of aliphatic hydroxyl groups is 7. The van der Waals surface area contributed by atoms with Gasteiger partial charge >= 0.3 is 17.9 Å². The minimum absolute atomic E-state index is 0.0110. The van der Waals surface area contributed by atoms with E-state index in [4.69, 9.17) is 23.7 Å². The number of carbonyl (C=O) groups is 3. The first-order chi connectivity index (χ1) is 24.4. The molecule has 292 valence electrons. The van der Waals surface area contributed by atoms with Gasteiger partial charge in [0.05, 0.1) is 32.0 Å². The summed E-state index contributed by atoms with van der Waals surface area (Å²) in [6.07, 6.45) is -13.5. The third-order valence-corrected chi connectivity index (χ3v) is 10.9.